The van der Waals surface area contributed by atoms with Crippen molar-refractivity contribution in [3.05, 3.63) is 41.4 Å². The van der Waals surface area contributed by atoms with Crippen LogP contribution in [0.1, 0.15) is 5.56 Å². The Labute approximate surface area is 115 Å². The molecule has 2 rings (SSSR count). The van der Waals surface area contributed by atoms with Crippen molar-refractivity contribution in [2.45, 2.75) is 4.90 Å². The number of hydrogen-bond acceptors (Lipinski definition) is 5. The van der Waals surface area contributed by atoms with Crippen LogP contribution in [-0.4, -0.2) is 25.1 Å². The lowest BCUT2D eigenvalue weighted by molar-refractivity contribution is 0.350. The Hall–Kier alpha value is -1.88. The van der Waals surface area contributed by atoms with E-state index in [9.17, 15) is 8.42 Å². The number of nitrogens with one attached hydrogen (secondary N) is 1. The molecule has 0 saturated heterocycles. The Kier molecular flexibility index (Phi) is 4.16. The molecule has 0 radical (unpaired) electrons. The quantitative estimate of drug-likeness (QED) is 0.836. The highest BCUT2D eigenvalue weighted by molar-refractivity contribution is 7.93. The van der Waals surface area contributed by atoms with E-state index >= 15 is 0 Å². The van der Waals surface area contributed by atoms with Gasteiger partial charge < -0.3 is 5.11 Å². The number of aliphatic hydroxyl groups excluding tert-OH is 1. The SMILES string of the molecule is O=S(=O)(Nc1nccs1)c1cccc(C#CCO)c1. The molecule has 2 aromatic rings. The summed E-state index contributed by atoms with van der Waals surface area (Å²) in [6.45, 7) is -0.270. The summed E-state index contributed by atoms with van der Waals surface area (Å²) in [5.74, 6) is 5.13. The van der Waals surface area contributed by atoms with Gasteiger partial charge in [0, 0.05) is 17.1 Å². The maximum Gasteiger partial charge on any atom is 0.263 e. The van der Waals surface area contributed by atoms with Crippen molar-refractivity contribution in [3.63, 3.8) is 0 Å². The predicted octanol–water partition coefficient (Wildman–Crippen LogP) is 1.29. The smallest absolute Gasteiger partial charge is 0.263 e. The van der Waals surface area contributed by atoms with Gasteiger partial charge in [-0.05, 0) is 18.2 Å². The Morgan fingerprint density at radius 2 is 2.26 bits per heavy atom. The van der Waals surface area contributed by atoms with E-state index in [1.807, 2.05) is 0 Å². The fourth-order valence-corrected chi connectivity index (χ4v) is 3.16. The molecule has 1 aromatic heterocycles. The monoisotopic (exact) mass is 294 g/mol. The molecule has 0 saturated carbocycles. The van der Waals surface area contributed by atoms with E-state index in [-0.39, 0.29) is 11.5 Å². The van der Waals surface area contributed by atoms with Gasteiger partial charge in [0.2, 0.25) is 0 Å². The molecule has 0 atom stereocenters. The molecule has 1 aromatic carbocycles. The van der Waals surface area contributed by atoms with E-state index in [0.717, 1.165) is 0 Å². The van der Waals surface area contributed by atoms with E-state index in [1.54, 1.807) is 17.5 Å². The second-order valence-electron chi connectivity index (χ2n) is 3.43. The van der Waals surface area contributed by atoms with Crippen LogP contribution in [-0.2, 0) is 10.0 Å². The largest absolute Gasteiger partial charge is 0.384 e. The minimum atomic E-state index is -3.66. The van der Waals surface area contributed by atoms with Crippen molar-refractivity contribution in [1.82, 2.24) is 4.98 Å². The standard InChI is InChI=1S/C12H10N2O3S2/c15-7-2-4-10-3-1-5-11(9-10)19(16,17)14-12-13-6-8-18-12/h1,3,5-6,8-9,15H,7H2,(H,13,14). The van der Waals surface area contributed by atoms with Gasteiger partial charge in [0.15, 0.2) is 5.13 Å². The average molecular weight is 294 g/mol. The first kappa shape index (κ1) is 13.5. The zero-order chi connectivity index (χ0) is 13.7. The number of thiazole rings is 1. The summed E-state index contributed by atoms with van der Waals surface area (Å²) in [5.41, 5.74) is 0.524. The zero-order valence-corrected chi connectivity index (χ0v) is 11.3. The third kappa shape index (κ3) is 3.54. The lowest BCUT2D eigenvalue weighted by Crippen LogP contribution is -2.12. The first-order valence-electron chi connectivity index (χ1n) is 5.24. The lowest BCUT2D eigenvalue weighted by Gasteiger charge is -2.05. The van der Waals surface area contributed by atoms with E-state index < -0.39 is 10.0 Å². The molecule has 0 amide bonds. The number of aromatic nitrogens is 1. The predicted molar refractivity (Wildman–Crippen MR) is 73.3 cm³/mol. The van der Waals surface area contributed by atoms with Crippen LogP contribution in [0.15, 0.2) is 40.7 Å². The molecular weight excluding hydrogens is 284 g/mol. The fraction of sp³-hybridized carbons (Fsp3) is 0.0833. The molecule has 2 N–H and O–H groups in total. The minimum absolute atomic E-state index is 0.104. The van der Waals surface area contributed by atoms with Crippen LogP contribution in [0.4, 0.5) is 5.13 Å². The number of hydrogen-bond donors (Lipinski definition) is 2. The van der Waals surface area contributed by atoms with Crippen LogP contribution in [0, 0.1) is 11.8 Å². The van der Waals surface area contributed by atoms with Crippen LogP contribution in [0.3, 0.4) is 0 Å². The Bertz CT molecular complexity index is 713. The summed E-state index contributed by atoms with van der Waals surface area (Å²) >= 11 is 1.20. The Morgan fingerprint density at radius 3 is 2.95 bits per heavy atom. The maximum atomic E-state index is 12.1. The van der Waals surface area contributed by atoms with E-state index in [2.05, 4.69) is 21.5 Å². The van der Waals surface area contributed by atoms with Crippen molar-refractivity contribution >= 4 is 26.5 Å². The fourth-order valence-electron chi connectivity index (χ4n) is 1.33. The highest BCUT2D eigenvalue weighted by Gasteiger charge is 2.15. The lowest BCUT2D eigenvalue weighted by atomic mass is 10.2. The van der Waals surface area contributed by atoms with Crippen molar-refractivity contribution in [1.29, 1.82) is 0 Å². The van der Waals surface area contributed by atoms with Crippen LogP contribution < -0.4 is 4.72 Å². The van der Waals surface area contributed by atoms with Crippen molar-refractivity contribution < 1.29 is 13.5 Å². The van der Waals surface area contributed by atoms with E-state index in [4.69, 9.17) is 5.11 Å². The number of sulfonamides is 1. The van der Waals surface area contributed by atoms with Gasteiger partial charge in [-0.2, -0.15) is 0 Å². The van der Waals surface area contributed by atoms with Crippen molar-refractivity contribution in [2.75, 3.05) is 11.3 Å². The first-order valence-corrected chi connectivity index (χ1v) is 7.60. The van der Waals surface area contributed by atoms with Crippen molar-refractivity contribution in [2.24, 2.45) is 0 Å². The van der Waals surface area contributed by atoms with Crippen LogP contribution in [0.2, 0.25) is 0 Å². The molecule has 7 heteroatoms. The van der Waals surface area contributed by atoms with Crippen LogP contribution >= 0.6 is 11.3 Å². The third-order valence-corrected chi connectivity index (χ3v) is 4.26. The molecule has 0 unspecified atom stereocenters. The normalized spacial score (nSPS) is 10.6. The van der Waals surface area contributed by atoms with Gasteiger partial charge >= 0.3 is 0 Å². The molecule has 0 spiro atoms. The topological polar surface area (TPSA) is 79.3 Å². The molecule has 5 nitrogen and oxygen atoms in total. The number of aliphatic hydroxyl groups is 1. The molecule has 0 aliphatic heterocycles. The second kappa shape index (κ2) is 5.84. The van der Waals surface area contributed by atoms with E-state index in [0.29, 0.717) is 10.7 Å². The summed E-state index contributed by atoms with van der Waals surface area (Å²) in [5, 5.41) is 10.6. The number of nitrogens with zero attached hydrogens (tertiary/aromatic N) is 1. The van der Waals surface area contributed by atoms with Crippen LogP contribution in [0.25, 0.3) is 0 Å². The Morgan fingerprint density at radius 1 is 1.42 bits per heavy atom. The molecule has 98 valence electrons. The number of anilines is 1. The first-order chi connectivity index (χ1) is 9.12. The number of rotatable bonds is 3. The van der Waals surface area contributed by atoms with Gasteiger partial charge in [-0.25, -0.2) is 13.4 Å². The molecule has 0 aliphatic carbocycles. The van der Waals surface area contributed by atoms with Gasteiger partial charge in [0.05, 0.1) is 4.90 Å². The van der Waals surface area contributed by atoms with Gasteiger partial charge in [-0.1, -0.05) is 17.9 Å². The molecule has 1 heterocycles. The van der Waals surface area contributed by atoms with Gasteiger partial charge in [-0.3, -0.25) is 4.72 Å². The van der Waals surface area contributed by atoms with E-state index in [1.165, 1.54) is 29.7 Å². The second-order valence-corrected chi connectivity index (χ2v) is 6.01. The van der Waals surface area contributed by atoms with Gasteiger partial charge in [-0.15, -0.1) is 11.3 Å². The minimum Gasteiger partial charge on any atom is -0.384 e. The zero-order valence-electron chi connectivity index (χ0n) is 9.70. The average Bonchev–Trinajstić information content (AvgIpc) is 2.89. The molecular formula is C12H10N2O3S2. The molecule has 0 aliphatic rings. The molecule has 19 heavy (non-hydrogen) atoms. The van der Waals surface area contributed by atoms with Gasteiger partial charge in [0.25, 0.3) is 10.0 Å². The summed E-state index contributed by atoms with van der Waals surface area (Å²) in [6.07, 6.45) is 1.52. The summed E-state index contributed by atoms with van der Waals surface area (Å²) in [4.78, 5) is 3.97. The highest BCUT2D eigenvalue weighted by Crippen LogP contribution is 2.18. The summed E-state index contributed by atoms with van der Waals surface area (Å²) in [7, 11) is -3.66. The maximum absolute atomic E-state index is 12.1. The highest BCUT2D eigenvalue weighted by atomic mass is 32.2. The molecule has 0 bridgehead atoms. The summed E-state index contributed by atoms with van der Waals surface area (Å²) < 4.78 is 26.5. The summed E-state index contributed by atoms with van der Waals surface area (Å²) in [6, 6.07) is 6.18. The number of benzene rings is 1. The van der Waals surface area contributed by atoms with Crippen LogP contribution in [0.5, 0.6) is 0 Å². The Balaban J connectivity index is 2.30. The molecule has 0 fully saturated rings. The van der Waals surface area contributed by atoms with Crippen molar-refractivity contribution in [3.8, 4) is 11.8 Å². The third-order valence-electron chi connectivity index (χ3n) is 2.11. The van der Waals surface area contributed by atoms with Gasteiger partial charge in [0.1, 0.15) is 6.61 Å².